The molecule has 1 aliphatic heterocycles. The highest BCUT2D eigenvalue weighted by atomic mass is 35.5. The maximum atomic E-state index is 12.7. The van der Waals surface area contributed by atoms with Gasteiger partial charge in [-0.15, -0.1) is 11.3 Å². The summed E-state index contributed by atoms with van der Waals surface area (Å²) < 4.78 is 4.96. The van der Waals surface area contributed by atoms with Crippen molar-refractivity contribution in [3.8, 4) is 11.1 Å². The Bertz CT molecular complexity index is 1260. The van der Waals surface area contributed by atoms with Gasteiger partial charge in [0.2, 0.25) is 5.91 Å². The number of anilines is 1. The van der Waals surface area contributed by atoms with Crippen LogP contribution in [0.5, 0.6) is 0 Å². The Balaban J connectivity index is 1.54. The van der Waals surface area contributed by atoms with Gasteiger partial charge in [0, 0.05) is 28.4 Å². The van der Waals surface area contributed by atoms with E-state index in [-0.39, 0.29) is 18.5 Å². The molecule has 1 N–H and O–H groups in total. The van der Waals surface area contributed by atoms with Crippen molar-refractivity contribution in [1.29, 1.82) is 0 Å². The van der Waals surface area contributed by atoms with Crippen molar-refractivity contribution in [2.24, 2.45) is 0 Å². The lowest BCUT2D eigenvalue weighted by atomic mass is 10.0. The number of halogens is 1. The minimum Gasteiger partial charge on any atom is -0.465 e. The fourth-order valence-corrected chi connectivity index (χ4v) is 5.04. The van der Waals surface area contributed by atoms with E-state index < -0.39 is 23.7 Å². The molecule has 1 aromatic heterocycles. The second-order valence-corrected chi connectivity index (χ2v) is 9.01. The molecule has 1 aliphatic rings. The second kappa shape index (κ2) is 9.17. The number of hydrogen-bond donors (Lipinski definition) is 1. The van der Waals surface area contributed by atoms with Gasteiger partial charge in [-0.1, -0.05) is 35.9 Å². The number of aryl methyl sites for hydroxylation is 1. The van der Waals surface area contributed by atoms with Crippen molar-refractivity contribution in [2.45, 2.75) is 13.3 Å². The van der Waals surface area contributed by atoms with Crippen LogP contribution in [0.25, 0.3) is 11.1 Å². The number of methoxy groups -OCH3 is 1. The normalized spacial score (nSPS) is 12.6. The zero-order valence-corrected chi connectivity index (χ0v) is 19.4. The van der Waals surface area contributed by atoms with Crippen LogP contribution < -0.4 is 5.32 Å². The van der Waals surface area contributed by atoms with Gasteiger partial charge in [-0.3, -0.25) is 19.3 Å². The van der Waals surface area contributed by atoms with Crippen LogP contribution in [0.4, 0.5) is 5.00 Å². The number of imide groups is 1. The minimum absolute atomic E-state index is 0.0722. The Morgan fingerprint density at radius 1 is 1.06 bits per heavy atom. The molecule has 7 nitrogen and oxygen atoms in total. The van der Waals surface area contributed by atoms with Crippen molar-refractivity contribution in [2.75, 3.05) is 19.0 Å². The van der Waals surface area contributed by atoms with Gasteiger partial charge in [0.05, 0.1) is 18.2 Å². The number of rotatable bonds is 6. The van der Waals surface area contributed by atoms with E-state index in [4.69, 9.17) is 16.3 Å². The fraction of sp³-hybridized carbons (Fsp3) is 0.167. The first kappa shape index (κ1) is 22.7. The molecule has 0 spiro atoms. The summed E-state index contributed by atoms with van der Waals surface area (Å²) in [5, 5.41) is 3.59. The van der Waals surface area contributed by atoms with Crippen LogP contribution >= 0.6 is 22.9 Å². The van der Waals surface area contributed by atoms with Gasteiger partial charge in [0.25, 0.3) is 11.8 Å². The average Bonchev–Trinajstić information content (AvgIpc) is 3.25. The van der Waals surface area contributed by atoms with E-state index in [0.717, 1.165) is 15.3 Å². The van der Waals surface area contributed by atoms with Crippen molar-refractivity contribution in [3.63, 3.8) is 0 Å². The Kier molecular flexibility index (Phi) is 6.31. The Hall–Kier alpha value is -3.49. The maximum Gasteiger partial charge on any atom is 0.341 e. The molecule has 0 radical (unpaired) electrons. The van der Waals surface area contributed by atoms with Crippen molar-refractivity contribution < 1.29 is 23.9 Å². The van der Waals surface area contributed by atoms with Gasteiger partial charge >= 0.3 is 5.97 Å². The highest BCUT2D eigenvalue weighted by Crippen LogP contribution is 2.41. The molecule has 2 aromatic carbocycles. The van der Waals surface area contributed by atoms with Crippen molar-refractivity contribution in [3.05, 3.63) is 75.1 Å². The lowest BCUT2D eigenvalue weighted by Crippen LogP contribution is -2.32. The monoisotopic (exact) mass is 482 g/mol. The molecule has 0 saturated carbocycles. The molecule has 9 heteroatoms. The zero-order valence-electron chi connectivity index (χ0n) is 17.8. The number of esters is 1. The first-order valence-electron chi connectivity index (χ1n) is 10.0. The summed E-state index contributed by atoms with van der Waals surface area (Å²) in [6.07, 6.45) is -0.116. The van der Waals surface area contributed by atoms with Gasteiger partial charge in [-0.05, 0) is 36.8 Å². The van der Waals surface area contributed by atoms with Crippen molar-refractivity contribution in [1.82, 2.24) is 4.90 Å². The summed E-state index contributed by atoms with van der Waals surface area (Å²) in [7, 11) is 1.27. The molecule has 0 unspecified atom stereocenters. The third-order valence-electron chi connectivity index (χ3n) is 5.28. The maximum absolute atomic E-state index is 12.7. The summed E-state index contributed by atoms with van der Waals surface area (Å²) >= 11 is 7.36. The van der Waals surface area contributed by atoms with Gasteiger partial charge in [-0.2, -0.15) is 0 Å². The van der Waals surface area contributed by atoms with E-state index >= 15 is 0 Å². The smallest absolute Gasteiger partial charge is 0.341 e. The summed E-state index contributed by atoms with van der Waals surface area (Å²) in [6, 6.07) is 13.6. The van der Waals surface area contributed by atoms with Crippen LogP contribution in [0.2, 0.25) is 5.02 Å². The van der Waals surface area contributed by atoms with Gasteiger partial charge in [0.15, 0.2) is 0 Å². The van der Waals surface area contributed by atoms with Crippen LogP contribution in [0.3, 0.4) is 0 Å². The number of nitrogens with zero attached hydrogens (tertiary/aromatic N) is 1. The van der Waals surface area contributed by atoms with Crippen LogP contribution in [0.15, 0.2) is 48.5 Å². The molecule has 0 fully saturated rings. The van der Waals surface area contributed by atoms with Gasteiger partial charge in [-0.25, -0.2) is 4.79 Å². The molecular formula is C24H19ClN2O5S. The highest BCUT2D eigenvalue weighted by molar-refractivity contribution is 7.17. The summed E-state index contributed by atoms with van der Waals surface area (Å²) in [6.45, 7) is 1.76. The SMILES string of the molecule is COC(=O)c1c(NC(=O)CCN2C(=O)c3ccccc3C2=O)sc(C)c1-c1cccc(Cl)c1. The third kappa shape index (κ3) is 4.27. The molecule has 4 rings (SSSR count). The van der Waals surface area contributed by atoms with E-state index in [1.54, 1.807) is 42.5 Å². The molecule has 3 aromatic rings. The van der Waals surface area contributed by atoms with E-state index in [1.165, 1.54) is 18.4 Å². The molecule has 33 heavy (non-hydrogen) atoms. The number of carbonyl (C=O) groups excluding carboxylic acids is 4. The Morgan fingerprint density at radius 2 is 1.73 bits per heavy atom. The standard InChI is InChI=1S/C24H19ClN2O5S/c1-13-19(14-6-5-7-15(25)12-14)20(24(31)32-2)21(33-13)26-18(28)10-11-27-22(29)16-8-3-4-9-17(16)23(27)30/h3-9,12H,10-11H2,1-2H3,(H,26,28). The van der Waals surface area contributed by atoms with Crippen LogP contribution in [0, 0.1) is 6.92 Å². The number of amides is 3. The predicted octanol–water partition coefficient (Wildman–Crippen LogP) is 4.79. The molecular weight excluding hydrogens is 464 g/mol. The molecule has 0 saturated heterocycles. The first-order valence-corrected chi connectivity index (χ1v) is 11.2. The topological polar surface area (TPSA) is 92.8 Å². The first-order chi connectivity index (χ1) is 15.8. The van der Waals surface area contributed by atoms with Crippen LogP contribution in [-0.2, 0) is 9.53 Å². The number of thiophene rings is 1. The Morgan fingerprint density at radius 3 is 2.33 bits per heavy atom. The summed E-state index contributed by atoms with van der Waals surface area (Å²) in [5.41, 5.74) is 2.25. The van der Waals surface area contributed by atoms with Gasteiger partial charge in [0.1, 0.15) is 10.6 Å². The molecule has 0 atom stereocenters. The third-order valence-corrected chi connectivity index (χ3v) is 6.54. The van der Waals surface area contributed by atoms with Crippen molar-refractivity contribution >= 4 is 51.6 Å². The molecule has 3 amide bonds. The predicted molar refractivity (Wildman–Crippen MR) is 126 cm³/mol. The van der Waals surface area contributed by atoms with Gasteiger partial charge < -0.3 is 10.1 Å². The van der Waals surface area contributed by atoms with Crippen LogP contribution in [-0.4, -0.2) is 42.2 Å². The number of benzene rings is 2. The average molecular weight is 483 g/mol. The Labute approximate surface area is 198 Å². The van der Waals surface area contributed by atoms with E-state index in [0.29, 0.717) is 26.7 Å². The van der Waals surface area contributed by atoms with E-state index in [1.807, 2.05) is 13.0 Å². The lowest BCUT2D eigenvalue weighted by Gasteiger charge is -2.13. The fourth-order valence-electron chi connectivity index (χ4n) is 3.77. The number of hydrogen-bond acceptors (Lipinski definition) is 6. The summed E-state index contributed by atoms with van der Waals surface area (Å²) in [5.74, 6) is -1.87. The minimum atomic E-state index is -0.593. The number of nitrogens with one attached hydrogen (secondary N) is 1. The second-order valence-electron chi connectivity index (χ2n) is 7.35. The summed E-state index contributed by atoms with van der Waals surface area (Å²) in [4.78, 5) is 52.1. The zero-order chi connectivity index (χ0) is 23.7. The molecule has 0 aliphatic carbocycles. The van der Waals surface area contributed by atoms with E-state index in [9.17, 15) is 19.2 Å². The largest absolute Gasteiger partial charge is 0.465 e. The van der Waals surface area contributed by atoms with E-state index in [2.05, 4.69) is 5.32 Å². The molecule has 0 bridgehead atoms. The number of carbonyl (C=O) groups is 4. The molecule has 2 heterocycles. The van der Waals surface area contributed by atoms with Crippen LogP contribution in [0.1, 0.15) is 42.4 Å². The number of fused-ring (bicyclic) bond motifs is 1. The lowest BCUT2D eigenvalue weighted by molar-refractivity contribution is -0.116. The quantitative estimate of drug-likeness (QED) is 0.403. The molecule has 168 valence electrons. The number of ether oxygens (including phenoxy) is 1. The highest BCUT2D eigenvalue weighted by Gasteiger charge is 2.35.